The molecule has 5 rings (SSSR count). The summed E-state index contributed by atoms with van der Waals surface area (Å²) >= 11 is 6.17. The monoisotopic (exact) mass is 492 g/mol. The Balaban J connectivity index is 1.24. The molecule has 2 fully saturated rings. The van der Waals surface area contributed by atoms with Crippen molar-refractivity contribution >= 4 is 23.4 Å². The summed E-state index contributed by atoms with van der Waals surface area (Å²) in [5.41, 5.74) is 2.64. The number of hydrogen-bond acceptors (Lipinski definition) is 4. The molecule has 35 heavy (non-hydrogen) atoms. The zero-order valence-electron chi connectivity index (χ0n) is 19.8. The summed E-state index contributed by atoms with van der Waals surface area (Å²) < 4.78 is 7.70. The van der Waals surface area contributed by atoms with Gasteiger partial charge < -0.3 is 15.4 Å². The molecule has 5 atom stereocenters. The van der Waals surface area contributed by atoms with E-state index in [2.05, 4.69) is 27.9 Å². The Morgan fingerprint density at radius 2 is 1.83 bits per heavy atom. The third-order valence-corrected chi connectivity index (χ3v) is 7.39. The van der Waals surface area contributed by atoms with Gasteiger partial charge in [0.05, 0.1) is 18.8 Å². The second-order valence-corrected chi connectivity index (χ2v) is 9.82. The first-order valence-corrected chi connectivity index (χ1v) is 12.4. The Labute approximate surface area is 209 Å². The van der Waals surface area contributed by atoms with Crippen LogP contribution in [-0.2, 0) is 11.3 Å². The first-order chi connectivity index (χ1) is 16.9. The molecule has 0 unspecified atom stereocenters. The van der Waals surface area contributed by atoms with Gasteiger partial charge in [0.2, 0.25) is 0 Å². The summed E-state index contributed by atoms with van der Waals surface area (Å²) in [5.74, 6) is 0.306. The summed E-state index contributed by atoms with van der Waals surface area (Å²) in [5, 5.41) is 10.8. The predicted molar refractivity (Wildman–Crippen MR) is 133 cm³/mol. The lowest BCUT2D eigenvalue weighted by atomic mass is 10.1. The Hall–Kier alpha value is -3.16. The van der Waals surface area contributed by atoms with Crippen molar-refractivity contribution in [1.29, 1.82) is 0 Å². The number of aromatic nitrogens is 2. The van der Waals surface area contributed by atoms with E-state index in [0.717, 1.165) is 18.4 Å². The number of nitrogens with zero attached hydrogens (tertiary/aromatic N) is 2. The van der Waals surface area contributed by atoms with E-state index < -0.39 is 0 Å². The maximum atomic E-state index is 13.3. The second-order valence-electron chi connectivity index (χ2n) is 9.39. The lowest BCUT2D eigenvalue weighted by Gasteiger charge is -2.18. The van der Waals surface area contributed by atoms with Crippen LogP contribution >= 0.6 is 11.6 Å². The number of nitrogens with one attached hydrogen (secondary N) is 2. The summed E-state index contributed by atoms with van der Waals surface area (Å²) in [6.45, 7) is 2.55. The van der Waals surface area contributed by atoms with Crippen molar-refractivity contribution in [3.63, 3.8) is 0 Å². The van der Waals surface area contributed by atoms with Crippen molar-refractivity contribution in [2.45, 2.75) is 44.6 Å². The van der Waals surface area contributed by atoms with Crippen LogP contribution in [0.5, 0.6) is 0 Å². The highest BCUT2D eigenvalue weighted by Crippen LogP contribution is 2.53. The van der Waals surface area contributed by atoms with Crippen LogP contribution in [0.25, 0.3) is 0 Å². The number of carbonyl (C=O) groups excluding carboxylic acids is 2. The number of fused-ring (bicyclic) bond motifs is 1. The minimum absolute atomic E-state index is 0.132. The summed E-state index contributed by atoms with van der Waals surface area (Å²) in [7, 11) is 1.54. The molecule has 2 aliphatic carbocycles. The van der Waals surface area contributed by atoms with Gasteiger partial charge >= 0.3 is 0 Å². The van der Waals surface area contributed by atoms with Crippen LogP contribution in [0.4, 0.5) is 0 Å². The van der Waals surface area contributed by atoms with E-state index in [1.165, 1.54) is 5.56 Å². The topological polar surface area (TPSA) is 85.3 Å². The van der Waals surface area contributed by atoms with Gasteiger partial charge in [-0.2, -0.15) is 5.10 Å². The van der Waals surface area contributed by atoms with E-state index >= 15 is 0 Å². The SMILES string of the molecule is CNC(=O)c1cc(C(=O)N[C@@H]2[C@@H]3C[C@H](OCc4ccccc4)C[C@@H]32)n([C@@H](C)c2cccc(Cl)c2)n1. The number of amides is 2. The van der Waals surface area contributed by atoms with Crippen LogP contribution < -0.4 is 10.6 Å². The molecule has 3 aromatic rings. The third kappa shape index (κ3) is 4.97. The number of rotatable bonds is 8. The maximum Gasteiger partial charge on any atom is 0.271 e. The molecule has 2 aromatic carbocycles. The number of ether oxygens (including phenoxy) is 1. The van der Waals surface area contributed by atoms with Gasteiger partial charge in [0.25, 0.3) is 11.8 Å². The molecular weight excluding hydrogens is 464 g/mol. The van der Waals surface area contributed by atoms with E-state index in [4.69, 9.17) is 16.3 Å². The van der Waals surface area contributed by atoms with Gasteiger partial charge in [-0.3, -0.25) is 14.3 Å². The first-order valence-electron chi connectivity index (χ1n) is 12.0. The Morgan fingerprint density at radius 3 is 2.51 bits per heavy atom. The molecule has 1 aromatic heterocycles. The summed E-state index contributed by atoms with van der Waals surface area (Å²) in [6, 6.07) is 19.0. The summed E-state index contributed by atoms with van der Waals surface area (Å²) in [6.07, 6.45) is 2.13. The minimum Gasteiger partial charge on any atom is -0.374 e. The first kappa shape index (κ1) is 23.6. The van der Waals surface area contributed by atoms with E-state index in [0.29, 0.717) is 29.2 Å². The molecule has 2 N–H and O–H groups in total. The lowest BCUT2D eigenvalue weighted by molar-refractivity contribution is 0.0353. The quantitative estimate of drug-likeness (QED) is 0.493. The molecule has 8 heteroatoms. The Kier molecular flexibility index (Phi) is 6.62. The van der Waals surface area contributed by atoms with Crippen LogP contribution in [-0.4, -0.2) is 40.8 Å². The number of carbonyl (C=O) groups is 2. The Morgan fingerprint density at radius 1 is 1.09 bits per heavy atom. The zero-order chi connectivity index (χ0) is 24.5. The number of hydrogen-bond donors (Lipinski definition) is 2. The zero-order valence-corrected chi connectivity index (χ0v) is 20.5. The van der Waals surface area contributed by atoms with Crippen molar-refractivity contribution in [1.82, 2.24) is 20.4 Å². The molecule has 0 saturated heterocycles. The van der Waals surface area contributed by atoms with Crippen molar-refractivity contribution in [2.24, 2.45) is 11.8 Å². The van der Waals surface area contributed by atoms with Crippen LogP contribution in [0.15, 0.2) is 60.7 Å². The van der Waals surface area contributed by atoms with Gasteiger partial charge in [0.15, 0.2) is 5.69 Å². The third-order valence-electron chi connectivity index (χ3n) is 7.15. The average molecular weight is 493 g/mol. The molecule has 0 spiro atoms. The molecular formula is C27H29ClN4O3. The van der Waals surface area contributed by atoms with E-state index in [-0.39, 0.29) is 35.7 Å². The molecule has 0 radical (unpaired) electrons. The average Bonchev–Trinajstić information content (AvgIpc) is 3.23. The van der Waals surface area contributed by atoms with Crippen LogP contribution in [0.2, 0.25) is 5.02 Å². The van der Waals surface area contributed by atoms with Crippen molar-refractivity contribution in [3.05, 3.63) is 88.2 Å². The molecule has 2 aliphatic rings. The van der Waals surface area contributed by atoms with Crippen molar-refractivity contribution in [3.8, 4) is 0 Å². The van der Waals surface area contributed by atoms with E-state index in [9.17, 15) is 9.59 Å². The molecule has 2 amide bonds. The van der Waals surface area contributed by atoms with Gasteiger partial charge in [0.1, 0.15) is 5.69 Å². The molecule has 182 valence electrons. The minimum atomic E-state index is -0.335. The molecule has 1 heterocycles. The standard InChI is InChI=1S/C27H29ClN4O3/c1-16(18-9-6-10-19(28)11-18)32-24(14-23(31-32)26(33)29-2)27(34)30-25-21-12-20(13-22(21)25)35-15-17-7-4-3-5-8-17/h3-11,14,16,20-22,25H,12-13,15H2,1-2H3,(H,29,33)(H,30,34)/t16-,20-,21+,22-,25+/m0/s1. The van der Waals surface area contributed by atoms with Crippen molar-refractivity contribution in [2.75, 3.05) is 7.05 Å². The smallest absolute Gasteiger partial charge is 0.271 e. The number of halogens is 1. The van der Waals surface area contributed by atoms with Gasteiger partial charge in [0, 0.05) is 24.2 Å². The van der Waals surface area contributed by atoms with Gasteiger partial charge in [-0.1, -0.05) is 54.1 Å². The normalized spacial score (nSPS) is 23.4. The fourth-order valence-electron chi connectivity index (χ4n) is 5.16. The highest BCUT2D eigenvalue weighted by molar-refractivity contribution is 6.30. The van der Waals surface area contributed by atoms with Crippen molar-refractivity contribution < 1.29 is 14.3 Å². The Bertz CT molecular complexity index is 1220. The fraction of sp³-hybridized carbons (Fsp3) is 0.370. The molecule has 0 aliphatic heterocycles. The van der Waals surface area contributed by atoms with E-state index in [1.807, 2.05) is 43.3 Å². The summed E-state index contributed by atoms with van der Waals surface area (Å²) in [4.78, 5) is 25.6. The highest BCUT2D eigenvalue weighted by Gasteiger charge is 2.57. The predicted octanol–water partition coefficient (Wildman–Crippen LogP) is 4.23. The molecule has 0 bridgehead atoms. The van der Waals surface area contributed by atoms with Gasteiger partial charge in [-0.15, -0.1) is 0 Å². The van der Waals surface area contributed by atoms with Crippen LogP contribution in [0.3, 0.4) is 0 Å². The number of benzene rings is 2. The van der Waals surface area contributed by atoms with Gasteiger partial charge in [-0.05, 0) is 54.9 Å². The van der Waals surface area contributed by atoms with Gasteiger partial charge in [-0.25, -0.2) is 0 Å². The second kappa shape index (κ2) is 9.84. The highest BCUT2D eigenvalue weighted by atomic mass is 35.5. The fourth-order valence-corrected chi connectivity index (χ4v) is 5.36. The van der Waals surface area contributed by atoms with Crippen LogP contribution in [0.1, 0.15) is 57.9 Å². The lowest BCUT2D eigenvalue weighted by Crippen LogP contribution is -2.32. The molecule has 7 nitrogen and oxygen atoms in total. The maximum absolute atomic E-state index is 13.3. The largest absolute Gasteiger partial charge is 0.374 e. The van der Waals surface area contributed by atoms with E-state index in [1.54, 1.807) is 23.9 Å². The van der Waals surface area contributed by atoms with Crippen LogP contribution in [0, 0.1) is 11.8 Å². The molecule has 2 saturated carbocycles.